The number of nitrogens with zero attached hydrogens (tertiary/aromatic N) is 1. The third-order valence-electron chi connectivity index (χ3n) is 3.67. The Morgan fingerprint density at radius 3 is 2.75 bits per heavy atom. The molecule has 2 aliphatic rings. The van der Waals surface area contributed by atoms with Crippen LogP contribution in [0.5, 0.6) is 0 Å². The minimum atomic E-state index is 0.108. The predicted molar refractivity (Wildman–Crippen MR) is 68.5 cm³/mol. The zero-order valence-corrected chi connectivity index (χ0v) is 10.7. The number of hydrogen-bond donors (Lipinski definition) is 1. The van der Waals surface area contributed by atoms with E-state index in [0.717, 1.165) is 38.1 Å². The van der Waals surface area contributed by atoms with Crippen LogP contribution in [-0.2, 0) is 4.79 Å². The van der Waals surface area contributed by atoms with Gasteiger partial charge in [-0.05, 0) is 25.0 Å². The molecule has 92 valence electrons. The van der Waals surface area contributed by atoms with E-state index in [1.807, 2.05) is 11.8 Å². The minimum Gasteiger partial charge on any atom is -0.342 e. The molecule has 0 spiro atoms. The van der Waals surface area contributed by atoms with Crippen molar-refractivity contribution in [3.8, 4) is 0 Å². The largest absolute Gasteiger partial charge is 0.342 e. The first-order valence-corrected chi connectivity index (χ1v) is 7.56. The van der Waals surface area contributed by atoms with Gasteiger partial charge in [-0.2, -0.15) is 11.8 Å². The molecule has 0 aromatic carbocycles. The van der Waals surface area contributed by atoms with E-state index in [1.54, 1.807) is 0 Å². The molecule has 2 rings (SSSR count). The highest BCUT2D eigenvalue weighted by Crippen LogP contribution is 2.25. The topological polar surface area (TPSA) is 46.3 Å². The maximum absolute atomic E-state index is 12.4. The molecule has 2 fully saturated rings. The molecule has 2 unspecified atom stereocenters. The van der Waals surface area contributed by atoms with Crippen LogP contribution < -0.4 is 5.73 Å². The first-order chi connectivity index (χ1) is 7.79. The van der Waals surface area contributed by atoms with Crippen molar-refractivity contribution in [3.05, 3.63) is 0 Å². The Hall–Kier alpha value is -0.220. The number of amides is 1. The Balaban J connectivity index is 1.93. The molecule has 16 heavy (non-hydrogen) atoms. The quantitative estimate of drug-likeness (QED) is 0.757. The van der Waals surface area contributed by atoms with Crippen molar-refractivity contribution in [3.63, 3.8) is 0 Å². The van der Waals surface area contributed by atoms with Crippen LogP contribution in [0.25, 0.3) is 0 Å². The van der Waals surface area contributed by atoms with E-state index in [1.165, 1.54) is 18.6 Å². The van der Waals surface area contributed by atoms with Gasteiger partial charge in [0, 0.05) is 24.9 Å². The number of rotatable bonds is 1. The Bertz CT molecular complexity index is 239. The molecular weight excluding hydrogens is 220 g/mol. The standard InChI is InChI=1S/C12H22N2OS/c13-11-5-2-1-4-10(11)12(15)14-6-3-8-16-9-7-14/h10-11H,1-9,13H2. The van der Waals surface area contributed by atoms with Gasteiger partial charge in [0.25, 0.3) is 0 Å². The van der Waals surface area contributed by atoms with Crippen molar-refractivity contribution in [2.45, 2.75) is 38.1 Å². The Labute approximate surface area is 102 Å². The highest BCUT2D eigenvalue weighted by molar-refractivity contribution is 7.99. The SMILES string of the molecule is NC1CCCCC1C(=O)N1CCCSCC1. The van der Waals surface area contributed by atoms with Crippen molar-refractivity contribution >= 4 is 17.7 Å². The maximum Gasteiger partial charge on any atom is 0.227 e. The molecule has 1 heterocycles. The van der Waals surface area contributed by atoms with Gasteiger partial charge in [0.2, 0.25) is 5.91 Å². The molecule has 1 saturated heterocycles. The van der Waals surface area contributed by atoms with Gasteiger partial charge in [-0.25, -0.2) is 0 Å². The third-order valence-corrected chi connectivity index (χ3v) is 4.72. The number of carbonyl (C=O) groups excluding carboxylic acids is 1. The minimum absolute atomic E-state index is 0.108. The molecule has 3 nitrogen and oxygen atoms in total. The monoisotopic (exact) mass is 242 g/mol. The molecule has 0 radical (unpaired) electrons. The molecule has 1 aliphatic carbocycles. The molecule has 0 bridgehead atoms. The van der Waals surface area contributed by atoms with Gasteiger partial charge < -0.3 is 10.6 Å². The summed E-state index contributed by atoms with van der Waals surface area (Å²) in [6.45, 7) is 1.86. The van der Waals surface area contributed by atoms with Crippen LogP contribution in [0.3, 0.4) is 0 Å². The zero-order chi connectivity index (χ0) is 11.4. The van der Waals surface area contributed by atoms with Crippen LogP contribution in [-0.4, -0.2) is 41.4 Å². The lowest BCUT2D eigenvalue weighted by Crippen LogP contribution is -2.46. The van der Waals surface area contributed by atoms with Crippen LogP contribution in [0, 0.1) is 5.92 Å². The summed E-state index contributed by atoms with van der Waals surface area (Å²) in [5.41, 5.74) is 6.07. The lowest BCUT2D eigenvalue weighted by molar-refractivity contribution is -0.136. The summed E-state index contributed by atoms with van der Waals surface area (Å²) >= 11 is 1.96. The van der Waals surface area contributed by atoms with E-state index in [4.69, 9.17) is 5.73 Å². The molecule has 4 heteroatoms. The van der Waals surface area contributed by atoms with E-state index in [2.05, 4.69) is 4.90 Å². The van der Waals surface area contributed by atoms with Crippen LogP contribution in [0.1, 0.15) is 32.1 Å². The first-order valence-electron chi connectivity index (χ1n) is 6.41. The summed E-state index contributed by atoms with van der Waals surface area (Å²) < 4.78 is 0. The summed E-state index contributed by atoms with van der Waals surface area (Å²) in [7, 11) is 0. The normalized spacial score (nSPS) is 32.2. The molecule has 0 aromatic rings. The van der Waals surface area contributed by atoms with Crippen LogP contribution in [0.2, 0.25) is 0 Å². The van der Waals surface area contributed by atoms with E-state index in [0.29, 0.717) is 5.91 Å². The fraction of sp³-hybridized carbons (Fsp3) is 0.917. The van der Waals surface area contributed by atoms with Crippen LogP contribution in [0.4, 0.5) is 0 Å². The zero-order valence-electron chi connectivity index (χ0n) is 9.86. The summed E-state index contributed by atoms with van der Waals surface area (Å²) in [5, 5.41) is 0. The summed E-state index contributed by atoms with van der Waals surface area (Å²) in [6.07, 6.45) is 5.54. The van der Waals surface area contributed by atoms with Gasteiger partial charge in [-0.3, -0.25) is 4.79 Å². The molecule has 0 aromatic heterocycles. The molecular formula is C12H22N2OS. The second-order valence-corrected chi connectivity index (χ2v) is 6.07. The van der Waals surface area contributed by atoms with Gasteiger partial charge in [0.1, 0.15) is 0 Å². The smallest absolute Gasteiger partial charge is 0.227 e. The number of thioether (sulfide) groups is 1. The van der Waals surface area contributed by atoms with Gasteiger partial charge in [0.15, 0.2) is 0 Å². The van der Waals surface area contributed by atoms with Crippen molar-refractivity contribution < 1.29 is 4.79 Å². The van der Waals surface area contributed by atoms with E-state index in [-0.39, 0.29) is 12.0 Å². The molecule has 2 N–H and O–H groups in total. The third kappa shape index (κ3) is 2.92. The fourth-order valence-electron chi connectivity index (χ4n) is 2.67. The van der Waals surface area contributed by atoms with Gasteiger partial charge in [-0.1, -0.05) is 12.8 Å². The Morgan fingerprint density at radius 1 is 1.12 bits per heavy atom. The van der Waals surface area contributed by atoms with Gasteiger partial charge in [0.05, 0.1) is 5.92 Å². The number of nitrogens with two attached hydrogens (primary N) is 1. The lowest BCUT2D eigenvalue weighted by atomic mass is 9.84. The molecule has 1 saturated carbocycles. The van der Waals surface area contributed by atoms with Crippen molar-refractivity contribution in [2.75, 3.05) is 24.6 Å². The Kier molecular flexibility index (Phi) is 4.53. The fourth-order valence-corrected chi connectivity index (χ4v) is 3.55. The van der Waals surface area contributed by atoms with Crippen molar-refractivity contribution in [2.24, 2.45) is 11.7 Å². The summed E-state index contributed by atoms with van der Waals surface area (Å²) in [5.74, 6) is 2.72. The average Bonchev–Trinajstić information content (AvgIpc) is 2.57. The summed E-state index contributed by atoms with van der Waals surface area (Å²) in [6, 6.07) is 0.108. The van der Waals surface area contributed by atoms with Crippen LogP contribution >= 0.6 is 11.8 Å². The molecule has 1 amide bonds. The highest BCUT2D eigenvalue weighted by Gasteiger charge is 2.31. The van der Waals surface area contributed by atoms with E-state index in [9.17, 15) is 4.79 Å². The number of hydrogen-bond acceptors (Lipinski definition) is 3. The van der Waals surface area contributed by atoms with Crippen molar-refractivity contribution in [1.82, 2.24) is 4.90 Å². The second kappa shape index (κ2) is 5.92. The lowest BCUT2D eigenvalue weighted by Gasteiger charge is -2.32. The average molecular weight is 242 g/mol. The highest BCUT2D eigenvalue weighted by atomic mass is 32.2. The second-order valence-electron chi connectivity index (χ2n) is 4.85. The molecule has 2 atom stereocenters. The summed E-state index contributed by atoms with van der Waals surface area (Å²) in [4.78, 5) is 14.4. The maximum atomic E-state index is 12.4. The molecule has 1 aliphatic heterocycles. The number of carbonyl (C=O) groups is 1. The van der Waals surface area contributed by atoms with E-state index < -0.39 is 0 Å². The Morgan fingerprint density at radius 2 is 1.94 bits per heavy atom. The van der Waals surface area contributed by atoms with Gasteiger partial charge >= 0.3 is 0 Å². The van der Waals surface area contributed by atoms with E-state index >= 15 is 0 Å². The van der Waals surface area contributed by atoms with Crippen LogP contribution in [0.15, 0.2) is 0 Å². The van der Waals surface area contributed by atoms with Crippen molar-refractivity contribution in [1.29, 1.82) is 0 Å². The van der Waals surface area contributed by atoms with Gasteiger partial charge in [-0.15, -0.1) is 0 Å². The first kappa shape index (κ1) is 12.2. The predicted octanol–water partition coefficient (Wildman–Crippen LogP) is 1.47.